The Balaban J connectivity index is 2.19. The number of carbonyl (C=O) groups excluding carboxylic acids is 1. The topological polar surface area (TPSA) is 49.2 Å². The normalized spacial score (nSPS) is 11.6. The maximum Gasteiger partial charge on any atom is 0.406 e. The summed E-state index contributed by atoms with van der Waals surface area (Å²) in [7, 11) is 0. The molecule has 2 heterocycles. The molecule has 8 heteroatoms. The third-order valence-corrected chi connectivity index (χ3v) is 2.92. The second-order valence-electron chi connectivity index (χ2n) is 4.09. The lowest BCUT2D eigenvalue weighted by atomic mass is 10.3. The number of nitrogens with zero attached hydrogens (tertiary/aromatic N) is 1. The van der Waals surface area contributed by atoms with Gasteiger partial charge >= 0.3 is 6.18 Å². The van der Waals surface area contributed by atoms with E-state index in [0.717, 1.165) is 0 Å². The van der Waals surface area contributed by atoms with E-state index in [1.165, 1.54) is 24.6 Å². The minimum absolute atomic E-state index is 0.0766. The summed E-state index contributed by atoms with van der Waals surface area (Å²) in [5.41, 5.74) is 0.0766. The molecule has 0 fully saturated rings. The van der Waals surface area contributed by atoms with Crippen LogP contribution in [0.1, 0.15) is 16.2 Å². The highest BCUT2D eigenvalue weighted by Gasteiger charge is 2.34. The molecule has 0 aliphatic rings. The Morgan fingerprint density at radius 3 is 2.70 bits per heavy atom. The molecule has 20 heavy (non-hydrogen) atoms. The highest BCUT2D eigenvalue weighted by atomic mass is 79.9. The Kier molecular flexibility index (Phi) is 4.22. The summed E-state index contributed by atoms with van der Waals surface area (Å²) in [6.07, 6.45) is -1.66. The quantitative estimate of drug-likeness (QED) is 0.916. The minimum atomic E-state index is -4.48. The van der Waals surface area contributed by atoms with E-state index in [9.17, 15) is 18.0 Å². The van der Waals surface area contributed by atoms with Gasteiger partial charge in [0.2, 0.25) is 0 Å². The van der Waals surface area contributed by atoms with E-state index < -0.39 is 18.6 Å². The van der Waals surface area contributed by atoms with Crippen molar-refractivity contribution < 1.29 is 22.4 Å². The summed E-state index contributed by atoms with van der Waals surface area (Å²) < 4.78 is 43.3. The molecule has 0 saturated carbocycles. The first-order chi connectivity index (χ1) is 9.35. The lowest BCUT2D eigenvalue weighted by Gasteiger charge is -2.22. The fourth-order valence-electron chi connectivity index (χ4n) is 1.67. The summed E-state index contributed by atoms with van der Waals surface area (Å²) >= 11 is 3.13. The highest BCUT2D eigenvalue weighted by molar-refractivity contribution is 9.10. The van der Waals surface area contributed by atoms with Crippen LogP contribution in [0.5, 0.6) is 0 Å². The molecule has 108 valence electrons. The number of hydrogen-bond donors (Lipinski definition) is 1. The molecule has 0 atom stereocenters. The average Bonchev–Trinajstić information content (AvgIpc) is 2.97. The number of hydrogen-bond acceptors (Lipinski definition) is 2. The number of halogens is 4. The van der Waals surface area contributed by atoms with Crippen LogP contribution in [0.4, 0.5) is 13.2 Å². The summed E-state index contributed by atoms with van der Waals surface area (Å²) in [6, 6.07) is 4.49. The van der Waals surface area contributed by atoms with Gasteiger partial charge in [-0.15, -0.1) is 0 Å². The number of carbonyl (C=O) groups is 1. The van der Waals surface area contributed by atoms with Crippen molar-refractivity contribution >= 4 is 21.8 Å². The third-order valence-electron chi connectivity index (χ3n) is 2.46. The molecule has 1 amide bonds. The third kappa shape index (κ3) is 3.89. The SMILES string of the molecule is O=C(c1cc(Br)c[nH]1)N(Cc1ccco1)CC(F)(F)F. The number of H-pyrrole nitrogens is 1. The van der Waals surface area contributed by atoms with Crippen LogP contribution in [0.3, 0.4) is 0 Å². The average molecular weight is 351 g/mol. The monoisotopic (exact) mass is 350 g/mol. The predicted octanol–water partition coefficient (Wildman–Crippen LogP) is 3.57. The zero-order chi connectivity index (χ0) is 14.8. The lowest BCUT2D eigenvalue weighted by molar-refractivity contribution is -0.142. The van der Waals surface area contributed by atoms with Crippen LogP contribution in [0.15, 0.2) is 39.5 Å². The number of rotatable bonds is 4. The van der Waals surface area contributed by atoms with E-state index in [-0.39, 0.29) is 18.0 Å². The Bertz CT molecular complexity index is 578. The smallest absolute Gasteiger partial charge is 0.406 e. The van der Waals surface area contributed by atoms with Crippen molar-refractivity contribution in [1.29, 1.82) is 0 Å². The van der Waals surface area contributed by atoms with E-state index in [2.05, 4.69) is 20.9 Å². The molecular weight excluding hydrogens is 341 g/mol. The van der Waals surface area contributed by atoms with Gasteiger partial charge in [-0.25, -0.2) is 0 Å². The van der Waals surface area contributed by atoms with Crippen molar-refractivity contribution in [2.75, 3.05) is 6.54 Å². The molecule has 2 rings (SSSR count). The maximum atomic E-state index is 12.6. The number of aromatic nitrogens is 1. The van der Waals surface area contributed by atoms with E-state index in [1.54, 1.807) is 6.07 Å². The van der Waals surface area contributed by atoms with Gasteiger partial charge in [-0.3, -0.25) is 4.79 Å². The molecule has 4 nitrogen and oxygen atoms in total. The van der Waals surface area contributed by atoms with Crippen LogP contribution in [-0.2, 0) is 6.54 Å². The van der Waals surface area contributed by atoms with Crippen LogP contribution in [0.2, 0.25) is 0 Å². The molecule has 0 unspecified atom stereocenters. The lowest BCUT2D eigenvalue weighted by Crippen LogP contribution is -2.38. The zero-order valence-electron chi connectivity index (χ0n) is 10.1. The van der Waals surface area contributed by atoms with Gasteiger partial charge in [0.1, 0.15) is 18.0 Å². The predicted molar refractivity (Wildman–Crippen MR) is 68.0 cm³/mol. The molecule has 0 saturated heterocycles. The minimum Gasteiger partial charge on any atom is -0.467 e. The van der Waals surface area contributed by atoms with E-state index >= 15 is 0 Å². The van der Waals surface area contributed by atoms with Gasteiger partial charge in [0.05, 0.1) is 12.8 Å². The molecule has 0 spiro atoms. The summed E-state index contributed by atoms with van der Waals surface area (Å²) in [5.74, 6) is -0.461. The maximum absolute atomic E-state index is 12.6. The first-order valence-electron chi connectivity index (χ1n) is 5.57. The second-order valence-corrected chi connectivity index (χ2v) is 5.00. The van der Waals surface area contributed by atoms with Crippen molar-refractivity contribution in [3.63, 3.8) is 0 Å². The van der Waals surface area contributed by atoms with Crippen LogP contribution in [0, 0.1) is 0 Å². The number of aromatic amines is 1. The largest absolute Gasteiger partial charge is 0.467 e. The number of amides is 1. The van der Waals surface area contributed by atoms with E-state index in [1.807, 2.05) is 0 Å². The Morgan fingerprint density at radius 1 is 1.45 bits per heavy atom. The Hall–Kier alpha value is -1.70. The molecule has 1 N–H and O–H groups in total. The fraction of sp³-hybridized carbons (Fsp3) is 0.250. The summed E-state index contributed by atoms with van der Waals surface area (Å²) in [6.45, 7) is -1.59. The standard InChI is InChI=1S/C12H10BrF3N2O2/c13-8-4-10(17-5-8)11(19)18(7-12(14,15)16)6-9-2-1-3-20-9/h1-5,17H,6-7H2. The van der Waals surface area contributed by atoms with Crippen LogP contribution in [0.25, 0.3) is 0 Å². The first kappa shape index (κ1) is 14.7. The van der Waals surface area contributed by atoms with Gasteiger partial charge in [0.15, 0.2) is 0 Å². The van der Waals surface area contributed by atoms with Crippen LogP contribution < -0.4 is 0 Å². The van der Waals surface area contributed by atoms with Crippen molar-refractivity contribution in [1.82, 2.24) is 9.88 Å². The first-order valence-corrected chi connectivity index (χ1v) is 6.37. The summed E-state index contributed by atoms with van der Waals surface area (Å²) in [5, 5.41) is 0. The Morgan fingerprint density at radius 2 is 2.20 bits per heavy atom. The van der Waals surface area contributed by atoms with Crippen molar-refractivity contribution in [3.8, 4) is 0 Å². The molecule has 0 bridgehead atoms. The van der Waals surface area contributed by atoms with E-state index in [0.29, 0.717) is 9.37 Å². The number of nitrogens with one attached hydrogen (secondary N) is 1. The Labute approximate surface area is 120 Å². The van der Waals surface area contributed by atoms with Crippen molar-refractivity contribution in [3.05, 3.63) is 46.6 Å². The zero-order valence-corrected chi connectivity index (χ0v) is 11.7. The van der Waals surface area contributed by atoms with Gasteiger partial charge < -0.3 is 14.3 Å². The molecule has 0 radical (unpaired) electrons. The highest BCUT2D eigenvalue weighted by Crippen LogP contribution is 2.21. The van der Waals surface area contributed by atoms with Gasteiger partial charge in [-0.1, -0.05) is 0 Å². The summed E-state index contributed by atoms with van der Waals surface area (Å²) in [4.78, 5) is 15.4. The van der Waals surface area contributed by atoms with Gasteiger partial charge in [0.25, 0.3) is 5.91 Å². The van der Waals surface area contributed by atoms with Gasteiger partial charge in [-0.2, -0.15) is 13.2 Å². The fourth-order valence-corrected chi connectivity index (χ4v) is 2.01. The van der Waals surface area contributed by atoms with Gasteiger partial charge in [0, 0.05) is 10.7 Å². The molecule has 0 aliphatic carbocycles. The van der Waals surface area contributed by atoms with Gasteiger partial charge in [-0.05, 0) is 34.1 Å². The molecule has 0 aliphatic heterocycles. The molecule has 2 aromatic heterocycles. The van der Waals surface area contributed by atoms with E-state index in [4.69, 9.17) is 4.42 Å². The van der Waals surface area contributed by atoms with Crippen LogP contribution in [-0.4, -0.2) is 28.5 Å². The molecule has 2 aromatic rings. The van der Waals surface area contributed by atoms with Crippen molar-refractivity contribution in [2.24, 2.45) is 0 Å². The second kappa shape index (κ2) is 5.74. The number of alkyl halides is 3. The van der Waals surface area contributed by atoms with Crippen LogP contribution >= 0.6 is 15.9 Å². The molecular formula is C12H10BrF3N2O2. The van der Waals surface area contributed by atoms with Crippen molar-refractivity contribution in [2.45, 2.75) is 12.7 Å². The number of furan rings is 1. The molecule has 0 aromatic carbocycles.